The van der Waals surface area contributed by atoms with E-state index >= 15 is 0 Å². The minimum Gasteiger partial charge on any atom is -0.466 e. The lowest BCUT2D eigenvalue weighted by Gasteiger charge is -2.34. The second-order valence-electron chi connectivity index (χ2n) is 23.2. The fourth-order valence-electron chi connectivity index (χ4n) is 11.6. The smallest absolute Gasteiger partial charge is 0.466 e. The number of hydrogen-bond acceptors (Lipinski definition) is 12. The second-order valence-corrected chi connectivity index (χ2v) is 23.2. The van der Waals surface area contributed by atoms with Gasteiger partial charge in [-0.25, -0.2) is 14.2 Å². The summed E-state index contributed by atoms with van der Waals surface area (Å²) in [7, 11) is -0.384. The monoisotopic (exact) mass is 1150 g/mol. The molecule has 0 aliphatic carbocycles. The second kappa shape index (κ2) is 26.3. The quantitative estimate of drug-likeness (QED) is 0.0608. The van der Waals surface area contributed by atoms with Crippen molar-refractivity contribution in [1.29, 1.82) is 0 Å². The number of rotatable bonds is 13. The molecule has 3 unspecified atom stereocenters. The predicted molar refractivity (Wildman–Crippen MR) is 332 cm³/mol. The Morgan fingerprint density at radius 3 is 1.67 bits per heavy atom. The van der Waals surface area contributed by atoms with Gasteiger partial charge in [-0.1, -0.05) is 109 Å². The summed E-state index contributed by atoms with van der Waals surface area (Å²) in [6.07, 6.45) is 3.41. The van der Waals surface area contributed by atoms with Crippen molar-refractivity contribution in [3.63, 3.8) is 0 Å². The highest BCUT2D eigenvalue weighted by molar-refractivity contribution is 6.62. The van der Waals surface area contributed by atoms with E-state index < -0.39 is 0 Å². The number of nitrogens with zero attached hydrogens (tertiary/aromatic N) is 8. The first-order valence-electron chi connectivity index (χ1n) is 29.7. The van der Waals surface area contributed by atoms with E-state index in [0.717, 1.165) is 86.1 Å². The molecule has 8 aromatic rings. The Balaban J connectivity index is 0.000000162. The lowest BCUT2D eigenvalue weighted by Crippen LogP contribution is -2.41. The normalized spacial score (nSPS) is 17.1. The number of aromatic nitrogens is 6. The Morgan fingerprint density at radius 2 is 1.14 bits per heavy atom. The van der Waals surface area contributed by atoms with Crippen molar-refractivity contribution in [3.8, 4) is 0 Å². The molecule has 17 heteroatoms. The van der Waals surface area contributed by atoms with Crippen LogP contribution in [0.3, 0.4) is 0 Å². The fraction of sp³-hybridized carbons (Fsp3) is 0.382. The van der Waals surface area contributed by atoms with Gasteiger partial charge < -0.3 is 28.6 Å². The Morgan fingerprint density at radius 1 is 0.635 bits per heavy atom. The number of benzene rings is 6. The molecule has 0 spiro atoms. The van der Waals surface area contributed by atoms with Gasteiger partial charge in [0.15, 0.2) is 0 Å². The summed E-state index contributed by atoms with van der Waals surface area (Å²) >= 11 is 0. The fourth-order valence-corrected chi connectivity index (χ4v) is 11.6. The van der Waals surface area contributed by atoms with Crippen LogP contribution in [0, 0.1) is 13.8 Å². The first kappa shape index (κ1) is 61.3. The topological polar surface area (TPSA) is 173 Å². The zero-order valence-corrected chi connectivity index (χ0v) is 51.2. The maximum absolute atomic E-state index is 13.3. The number of amides is 2. The minimum atomic E-state index is -0.384. The lowest BCUT2D eigenvalue weighted by molar-refractivity contribution is -0.143. The number of esters is 2. The van der Waals surface area contributed by atoms with Crippen LogP contribution < -0.4 is 5.46 Å². The number of carbonyl (C=O) groups excluding carboxylic acids is 4. The molecule has 2 aromatic heterocycles. The van der Waals surface area contributed by atoms with E-state index in [1.165, 1.54) is 22.8 Å². The third-order valence-corrected chi connectivity index (χ3v) is 17.0. The summed E-state index contributed by atoms with van der Waals surface area (Å²) in [5.74, 6) is -0.141. The SMILES string of the molecule is CC1CN(C(=O)c2ccccc2)Cc2cc(B3OC(C)(C)C(C)(C)O3)ccc21.CCOC(=O)/C=C/c1ccc2c(nnn2CC)c1C.CCOC(=O)CC(c1ccc2c(c1)CN(C(=O)c1ccccc1)CC2C)c1ccc2c(nnn2CC)c1C. The number of carbonyl (C=O) groups is 4. The largest absolute Gasteiger partial charge is 0.494 e. The first-order chi connectivity index (χ1) is 40.8. The molecule has 3 atom stereocenters. The van der Waals surface area contributed by atoms with E-state index in [4.69, 9.17) is 18.8 Å². The van der Waals surface area contributed by atoms with Crippen molar-refractivity contribution < 1.29 is 38.0 Å². The maximum atomic E-state index is 13.3. The summed E-state index contributed by atoms with van der Waals surface area (Å²) in [4.78, 5) is 54.1. The van der Waals surface area contributed by atoms with Crippen molar-refractivity contribution in [2.45, 2.75) is 145 Å². The van der Waals surface area contributed by atoms with Crippen LogP contribution in [0.5, 0.6) is 0 Å². The van der Waals surface area contributed by atoms with E-state index in [2.05, 4.69) is 105 Å². The molecule has 85 heavy (non-hydrogen) atoms. The van der Waals surface area contributed by atoms with Crippen LogP contribution in [-0.2, 0) is 54.6 Å². The molecule has 11 rings (SSSR count). The van der Waals surface area contributed by atoms with Gasteiger partial charge in [-0.15, -0.1) is 10.2 Å². The molecule has 0 saturated carbocycles. The van der Waals surface area contributed by atoms with Gasteiger partial charge in [-0.05, 0) is 179 Å². The molecular weight excluding hydrogens is 1070 g/mol. The van der Waals surface area contributed by atoms with Gasteiger partial charge in [0.2, 0.25) is 0 Å². The van der Waals surface area contributed by atoms with E-state index in [9.17, 15) is 19.2 Å². The average Bonchev–Trinajstić information content (AvgIpc) is 2.58. The predicted octanol–water partition coefficient (Wildman–Crippen LogP) is 11.7. The Bertz CT molecular complexity index is 3730. The number of aryl methyl sites for hydroxylation is 4. The molecule has 5 heterocycles. The Labute approximate surface area is 499 Å². The minimum absolute atomic E-state index is 0.0388. The third kappa shape index (κ3) is 13.3. The third-order valence-electron chi connectivity index (χ3n) is 17.0. The van der Waals surface area contributed by atoms with Crippen LogP contribution in [-0.4, -0.2) is 108 Å². The van der Waals surface area contributed by atoms with Crippen LogP contribution >= 0.6 is 0 Å². The summed E-state index contributed by atoms with van der Waals surface area (Å²) in [6, 6.07) is 39.9. The van der Waals surface area contributed by atoms with Gasteiger partial charge in [0, 0.05) is 62.4 Å². The van der Waals surface area contributed by atoms with Crippen molar-refractivity contribution in [2.24, 2.45) is 0 Å². The molecule has 2 amide bonds. The molecule has 0 radical (unpaired) electrons. The molecule has 442 valence electrons. The molecule has 0 N–H and O–H groups in total. The number of hydrogen-bond donors (Lipinski definition) is 0. The van der Waals surface area contributed by atoms with Crippen molar-refractivity contribution in [2.75, 3.05) is 26.3 Å². The van der Waals surface area contributed by atoms with Crippen LogP contribution in [0.1, 0.15) is 164 Å². The van der Waals surface area contributed by atoms with Gasteiger partial charge in [0.1, 0.15) is 11.0 Å². The number of ether oxygens (including phenoxy) is 2. The van der Waals surface area contributed by atoms with Crippen LogP contribution in [0.2, 0.25) is 0 Å². The maximum Gasteiger partial charge on any atom is 0.494 e. The van der Waals surface area contributed by atoms with Crippen molar-refractivity contribution in [3.05, 3.63) is 189 Å². The van der Waals surface area contributed by atoms with Crippen LogP contribution in [0.15, 0.2) is 127 Å². The average molecular weight is 1150 g/mol. The molecule has 0 bridgehead atoms. The van der Waals surface area contributed by atoms with E-state index in [1.54, 1.807) is 13.0 Å². The van der Waals surface area contributed by atoms with E-state index in [-0.39, 0.29) is 60.3 Å². The standard InChI is InChI=1S/C31H34N4O3.C23H28BNO3.C14H17N3O2/c1-5-35-28-15-14-26(21(4)30(28)32-33-35)27(17-29(36)38-6-2)23-12-13-25-20(3)18-34(19-24(25)16-23)31(37)22-10-8-7-9-11-22;1-16-14-25(21(26)17-9-7-6-8-10-17)15-18-13-19(11-12-20(16)18)24-27-22(2,3)23(4,5)28-24;1-4-17-12-8-6-11(7-9-13(18)19-5-2)10(3)14(12)15-16-17/h7-16,20,27H,5-6,17-19H2,1-4H3;6-13,16H,14-15H2,1-5H3;6-9H,4-5H2,1-3H3/b;;9-7+. The molecule has 1 fully saturated rings. The van der Waals surface area contributed by atoms with Crippen molar-refractivity contribution in [1.82, 2.24) is 39.8 Å². The zero-order valence-electron chi connectivity index (χ0n) is 51.2. The summed E-state index contributed by atoms with van der Waals surface area (Å²) in [5.41, 5.74) is 15.3. The summed E-state index contributed by atoms with van der Waals surface area (Å²) in [6.45, 7) is 29.1. The highest BCUT2D eigenvalue weighted by Gasteiger charge is 2.52. The zero-order chi connectivity index (χ0) is 60.7. The van der Waals surface area contributed by atoms with Crippen LogP contribution in [0.4, 0.5) is 0 Å². The first-order valence-corrected chi connectivity index (χ1v) is 29.7. The molecule has 3 aliphatic heterocycles. The van der Waals surface area contributed by atoms with Crippen LogP contribution in [0.25, 0.3) is 28.1 Å². The Kier molecular flexibility index (Phi) is 19.0. The number of fused-ring (bicyclic) bond motifs is 4. The highest BCUT2D eigenvalue weighted by atomic mass is 16.7. The Hall–Kier alpha value is -8.28. The molecule has 1 saturated heterocycles. The lowest BCUT2D eigenvalue weighted by atomic mass is 9.76. The molecular formula is C68H79BN8O8. The highest BCUT2D eigenvalue weighted by Crippen LogP contribution is 2.39. The molecule has 3 aliphatic rings. The summed E-state index contributed by atoms with van der Waals surface area (Å²) < 4.78 is 26.4. The van der Waals surface area contributed by atoms with E-state index in [0.29, 0.717) is 44.3 Å². The van der Waals surface area contributed by atoms with Gasteiger partial charge >= 0.3 is 19.1 Å². The van der Waals surface area contributed by atoms with Gasteiger partial charge in [0.25, 0.3) is 11.8 Å². The van der Waals surface area contributed by atoms with Gasteiger partial charge in [-0.2, -0.15) is 0 Å². The van der Waals surface area contributed by atoms with Gasteiger partial charge in [-0.3, -0.25) is 14.4 Å². The van der Waals surface area contributed by atoms with Crippen molar-refractivity contribution >= 4 is 64.5 Å². The van der Waals surface area contributed by atoms with Gasteiger partial charge in [0.05, 0.1) is 41.9 Å². The molecule has 16 nitrogen and oxygen atoms in total. The van der Waals surface area contributed by atoms with E-state index in [1.807, 2.05) is 133 Å². The molecule has 6 aromatic carbocycles. The summed E-state index contributed by atoms with van der Waals surface area (Å²) in [5, 5.41) is 17.0.